The number of hydrogen-bond donors (Lipinski definition) is 4. The Labute approximate surface area is 180 Å². The van der Waals surface area contributed by atoms with Gasteiger partial charge in [-0.1, -0.05) is 6.07 Å². The van der Waals surface area contributed by atoms with Crippen molar-refractivity contribution in [3.8, 4) is 11.5 Å². The van der Waals surface area contributed by atoms with Gasteiger partial charge >= 0.3 is 6.03 Å². The van der Waals surface area contributed by atoms with Crippen LogP contribution in [0.4, 0.5) is 27.9 Å². The lowest BCUT2D eigenvalue weighted by molar-refractivity contribution is 0.252. The number of nitrogens with zero attached hydrogens (tertiary/aromatic N) is 3. The third-order valence-corrected chi connectivity index (χ3v) is 4.20. The number of carbonyl (C=O) groups is 1. The molecule has 31 heavy (non-hydrogen) atoms. The minimum atomic E-state index is -0.357. The SMILES string of the molecule is COc1cccc(NC(=O)NCCNc2ccc(Nc3cc(C)ccn3)nn2)c1OC. The van der Waals surface area contributed by atoms with Crippen molar-refractivity contribution >= 4 is 29.2 Å². The molecule has 4 N–H and O–H groups in total. The molecular formula is C21H25N7O3. The van der Waals surface area contributed by atoms with Crippen molar-refractivity contribution in [1.29, 1.82) is 0 Å². The maximum absolute atomic E-state index is 12.1. The van der Waals surface area contributed by atoms with E-state index < -0.39 is 0 Å². The summed E-state index contributed by atoms with van der Waals surface area (Å²) in [6.45, 7) is 2.85. The van der Waals surface area contributed by atoms with Crippen LogP contribution in [0, 0.1) is 6.92 Å². The molecule has 2 amide bonds. The molecule has 0 spiro atoms. The fourth-order valence-electron chi connectivity index (χ4n) is 2.75. The highest BCUT2D eigenvalue weighted by Crippen LogP contribution is 2.34. The van der Waals surface area contributed by atoms with Crippen LogP contribution in [0.1, 0.15) is 5.56 Å². The van der Waals surface area contributed by atoms with Gasteiger partial charge in [0, 0.05) is 19.3 Å². The summed E-state index contributed by atoms with van der Waals surface area (Å²) in [6.07, 6.45) is 1.73. The van der Waals surface area contributed by atoms with Crippen molar-refractivity contribution in [2.75, 3.05) is 43.3 Å². The smallest absolute Gasteiger partial charge is 0.319 e. The molecule has 0 unspecified atom stereocenters. The van der Waals surface area contributed by atoms with Crippen molar-refractivity contribution in [3.05, 3.63) is 54.2 Å². The molecule has 0 radical (unpaired) electrons. The Morgan fingerprint density at radius 3 is 2.48 bits per heavy atom. The van der Waals surface area contributed by atoms with Crippen molar-refractivity contribution in [3.63, 3.8) is 0 Å². The van der Waals surface area contributed by atoms with E-state index in [1.54, 1.807) is 43.6 Å². The van der Waals surface area contributed by atoms with E-state index in [0.29, 0.717) is 47.7 Å². The second-order valence-electron chi connectivity index (χ2n) is 6.50. The summed E-state index contributed by atoms with van der Waals surface area (Å²) >= 11 is 0. The molecule has 10 nitrogen and oxygen atoms in total. The van der Waals surface area contributed by atoms with E-state index in [-0.39, 0.29) is 6.03 Å². The average Bonchev–Trinajstić information content (AvgIpc) is 2.77. The quantitative estimate of drug-likeness (QED) is 0.387. The lowest BCUT2D eigenvalue weighted by Gasteiger charge is -2.14. The molecule has 1 aromatic carbocycles. The standard InChI is InChI=1S/C21H25N7O3/c1-14-9-10-22-19(13-14)26-18-8-7-17(27-28-18)23-11-12-24-21(29)25-15-5-4-6-16(30-2)20(15)31-3/h4-10,13H,11-12H2,1-3H3,(H,23,27)(H,22,26,28)(H2,24,25,29). The molecular weight excluding hydrogens is 398 g/mol. The van der Waals surface area contributed by atoms with Crippen LogP contribution >= 0.6 is 0 Å². The molecule has 0 aliphatic heterocycles. The van der Waals surface area contributed by atoms with Crippen LogP contribution in [0.2, 0.25) is 0 Å². The molecule has 0 saturated heterocycles. The number of anilines is 4. The van der Waals surface area contributed by atoms with Crippen LogP contribution in [0.5, 0.6) is 11.5 Å². The molecule has 0 atom stereocenters. The Bertz CT molecular complexity index is 1010. The molecule has 0 fully saturated rings. The minimum Gasteiger partial charge on any atom is -0.493 e. The number of urea groups is 1. The molecule has 10 heteroatoms. The first-order chi connectivity index (χ1) is 15.1. The topological polar surface area (TPSA) is 122 Å². The van der Waals surface area contributed by atoms with Crippen molar-refractivity contribution < 1.29 is 14.3 Å². The number of carbonyl (C=O) groups excluding carboxylic acids is 1. The second-order valence-corrected chi connectivity index (χ2v) is 6.50. The molecule has 3 aromatic rings. The number of nitrogens with one attached hydrogen (secondary N) is 4. The summed E-state index contributed by atoms with van der Waals surface area (Å²) in [7, 11) is 3.06. The number of methoxy groups -OCH3 is 2. The highest BCUT2D eigenvalue weighted by Gasteiger charge is 2.11. The summed E-state index contributed by atoms with van der Waals surface area (Å²) in [5.41, 5.74) is 1.62. The van der Waals surface area contributed by atoms with E-state index in [1.807, 2.05) is 19.1 Å². The molecule has 2 aromatic heterocycles. The Balaban J connectivity index is 1.43. The maximum atomic E-state index is 12.1. The first-order valence-electron chi connectivity index (χ1n) is 9.62. The second kappa shape index (κ2) is 10.6. The number of aryl methyl sites for hydroxylation is 1. The Kier molecular flexibility index (Phi) is 7.41. The summed E-state index contributed by atoms with van der Waals surface area (Å²) in [6, 6.07) is 12.3. The fraction of sp³-hybridized carbons (Fsp3) is 0.238. The first kappa shape index (κ1) is 21.6. The van der Waals surface area contributed by atoms with E-state index in [2.05, 4.69) is 36.4 Å². The Hall–Kier alpha value is -4.08. The predicted octanol–water partition coefficient (Wildman–Crippen LogP) is 3.17. The summed E-state index contributed by atoms with van der Waals surface area (Å²) in [5, 5.41) is 19.9. The summed E-state index contributed by atoms with van der Waals surface area (Å²) in [4.78, 5) is 16.4. The highest BCUT2D eigenvalue weighted by atomic mass is 16.5. The number of rotatable bonds is 9. The van der Waals surface area contributed by atoms with Gasteiger partial charge in [0.1, 0.15) is 11.6 Å². The molecule has 0 aliphatic carbocycles. The van der Waals surface area contributed by atoms with Gasteiger partial charge in [0.2, 0.25) is 0 Å². The first-order valence-corrected chi connectivity index (χ1v) is 9.62. The van der Waals surface area contributed by atoms with E-state index in [4.69, 9.17) is 9.47 Å². The lowest BCUT2D eigenvalue weighted by Crippen LogP contribution is -2.32. The molecule has 2 heterocycles. The summed E-state index contributed by atoms with van der Waals surface area (Å²) < 4.78 is 10.5. The number of para-hydroxylation sites is 1. The zero-order chi connectivity index (χ0) is 22.1. The lowest BCUT2D eigenvalue weighted by atomic mass is 10.2. The third kappa shape index (κ3) is 6.20. The van der Waals surface area contributed by atoms with Gasteiger partial charge in [-0.05, 0) is 48.9 Å². The van der Waals surface area contributed by atoms with Crippen molar-refractivity contribution in [1.82, 2.24) is 20.5 Å². The van der Waals surface area contributed by atoms with E-state index in [1.165, 1.54) is 7.11 Å². The fourth-order valence-corrected chi connectivity index (χ4v) is 2.75. The van der Waals surface area contributed by atoms with Gasteiger partial charge in [-0.2, -0.15) is 0 Å². The van der Waals surface area contributed by atoms with E-state index >= 15 is 0 Å². The number of amides is 2. The molecule has 3 rings (SSSR count). The van der Waals surface area contributed by atoms with Crippen LogP contribution in [-0.4, -0.2) is 48.5 Å². The van der Waals surface area contributed by atoms with Crippen molar-refractivity contribution in [2.24, 2.45) is 0 Å². The molecule has 162 valence electrons. The minimum absolute atomic E-state index is 0.357. The number of pyridine rings is 1. The highest BCUT2D eigenvalue weighted by molar-refractivity contribution is 5.91. The van der Waals surface area contributed by atoms with Gasteiger partial charge < -0.3 is 30.7 Å². The average molecular weight is 423 g/mol. The number of benzene rings is 1. The molecule has 0 bridgehead atoms. The zero-order valence-corrected chi connectivity index (χ0v) is 17.6. The largest absolute Gasteiger partial charge is 0.493 e. The number of hydrogen-bond acceptors (Lipinski definition) is 8. The van der Waals surface area contributed by atoms with Crippen molar-refractivity contribution in [2.45, 2.75) is 6.92 Å². The molecule has 0 aliphatic rings. The zero-order valence-electron chi connectivity index (χ0n) is 17.6. The molecule has 0 saturated carbocycles. The number of ether oxygens (including phenoxy) is 2. The van der Waals surface area contributed by atoms with Crippen LogP contribution in [0.15, 0.2) is 48.7 Å². The van der Waals surface area contributed by atoms with E-state index in [9.17, 15) is 4.79 Å². The van der Waals surface area contributed by atoms with Crippen LogP contribution in [-0.2, 0) is 0 Å². The predicted molar refractivity (Wildman–Crippen MR) is 119 cm³/mol. The van der Waals surface area contributed by atoms with Crippen LogP contribution < -0.4 is 30.7 Å². The van der Waals surface area contributed by atoms with E-state index in [0.717, 1.165) is 5.56 Å². The van der Waals surface area contributed by atoms with Gasteiger partial charge in [0.25, 0.3) is 0 Å². The van der Waals surface area contributed by atoms with Gasteiger partial charge in [0.15, 0.2) is 17.3 Å². The normalized spacial score (nSPS) is 10.2. The van der Waals surface area contributed by atoms with Gasteiger partial charge in [-0.3, -0.25) is 0 Å². The Morgan fingerprint density at radius 1 is 0.968 bits per heavy atom. The maximum Gasteiger partial charge on any atom is 0.319 e. The number of aromatic nitrogens is 3. The van der Waals surface area contributed by atoms with Gasteiger partial charge in [-0.15, -0.1) is 10.2 Å². The summed E-state index contributed by atoms with van der Waals surface area (Å²) in [5.74, 6) is 2.89. The third-order valence-electron chi connectivity index (χ3n) is 4.20. The monoisotopic (exact) mass is 423 g/mol. The Morgan fingerprint density at radius 2 is 1.77 bits per heavy atom. The van der Waals surface area contributed by atoms with Crippen LogP contribution in [0.3, 0.4) is 0 Å². The van der Waals surface area contributed by atoms with Crippen LogP contribution in [0.25, 0.3) is 0 Å². The van der Waals surface area contributed by atoms with Gasteiger partial charge in [-0.25, -0.2) is 9.78 Å². The van der Waals surface area contributed by atoms with Gasteiger partial charge in [0.05, 0.1) is 19.9 Å².